The van der Waals surface area contributed by atoms with Crippen LogP contribution in [-0.4, -0.2) is 143 Å². The first-order valence-corrected chi connectivity index (χ1v) is 24.9. The Hall–Kier alpha value is -8.32. The summed E-state index contributed by atoms with van der Waals surface area (Å²) in [6.07, 6.45) is 1.42. The smallest absolute Gasteiger partial charge is 0.245 e. The lowest BCUT2D eigenvalue weighted by Gasteiger charge is -2.31. The van der Waals surface area contributed by atoms with Gasteiger partial charge in [0.2, 0.25) is 53.2 Å². The summed E-state index contributed by atoms with van der Waals surface area (Å²) >= 11 is 0. The van der Waals surface area contributed by atoms with Gasteiger partial charge in [0, 0.05) is 69.5 Å². The summed E-state index contributed by atoms with van der Waals surface area (Å²) in [6.45, 7) is 1.52. The molecule has 75 heavy (non-hydrogen) atoms. The molecular formula is C49H69FN16O9. The SMILES string of the molecule is CC(=O)N[C@@H](CCCNC(=N)N)C(=O)N[C@H]1CCCNC(=O)CC[C@@H](C(N)=O)NC(=O)[C@H](Cc2c[nH]c3ccccc23)NC(=O)[C@H](CCCNC(=N)N)NC(=O)[C@@H](Cc2ccccc2F)NC(=O)[C@@H]2CCCN2C1=O. The van der Waals surface area contributed by atoms with Gasteiger partial charge in [0.25, 0.3) is 0 Å². The Morgan fingerprint density at radius 3 is 2.08 bits per heavy atom. The molecule has 0 spiro atoms. The molecule has 3 aromatic rings. The number of aromatic amines is 1. The molecule has 1 aromatic heterocycles. The van der Waals surface area contributed by atoms with E-state index < -0.39 is 108 Å². The van der Waals surface area contributed by atoms with Crippen LogP contribution in [0.15, 0.2) is 54.7 Å². The lowest BCUT2D eigenvalue weighted by atomic mass is 10.0. The maximum absolute atomic E-state index is 15.3. The number of aromatic nitrogens is 1. The fourth-order valence-electron chi connectivity index (χ4n) is 8.97. The van der Waals surface area contributed by atoms with Crippen molar-refractivity contribution in [1.29, 1.82) is 10.8 Å². The van der Waals surface area contributed by atoms with Crippen LogP contribution >= 0.6 is 0 Å². The first-order valence-electron chi connectivity index (χ1n) is 24.9. The number of carbonyl (C=O) groups is 9. The molecular weight excluding hydrogens is 976 g/mol. The van der Waals surface area contributed by atoms with Gasteiger partial charge in [-0.05, 0) is 81.0 Å². The van der Waals surface area contributed by atoms with Crippen molar-refractivity contribution >= 4 is 76.0 Å². The van der Waals surface area contributed by atoms with Crippen molar-refractivity contribution in [3.8, 4) is 0 Å². The molecule has 9 amide bonds. The van der Waals surface area contributed by atoms with E-state index in [1.807, 2.05) is 6.07 Å². The average Bonchev–Trinajstić information content (AvgIpc) is 4.03. The number of hydrogen-bond donors (Lipinski definition) is 15. The largest absolute Gasteiger partial charge is 0.370 e. The number of fused-ring (bicyclic) bond motifs is 2. The second kappa shape index (κ2) is 28.2. The minimum atomic E-state index is -1.56. The van der Waals surface area contributed by atoms with E-state index in [0.717, 1.165) is 10.9 Å². The second-order valence-corrected chi connectivity index (χ2v) is 18.5. The van der Waals surface area contributed by atoms with Crippen LogP contribution in [0.5, 0.6) is 0 Å². The topological polar surface area (TPSA) is 407 Å². The summed E-state index contributed by atoms with van der Waals surface area (Å²) in [5.74, 6) is -8.27. The Kier molecular flexibility index (Phi) is 21.7. The number of carbonyl (C=O) groups excluding carboxylic acids is 9. The number of benzene rings is 2. The van der Waals surface area contributed by atoms with Gasteiger partial charge < -0.3 is 74.9 Å². The van der Waals surface area contributed by atoms with Crippen LogP contribution in [0.25, 0.3) is 10.9 Å². The van der Waals surface area contributed by atoms with Crippen molar-refractivity contribution in [2.24, 2.45) is 17.2 Å². The van der Waals surface area contributed by atoms with Gasteiger partial charge >= 0.3 is 0 Å². The second-order valence-electron chi connectivity index (χ2n) is 18.5. The molecule has 2 aliphatic rings. The van der Waals surface area contributed by atoms with Crippen LogP contribution in [-0.2, 0) is 56.0 Å². The minimum Gasteiger partial charge on any atom is -0.370 e. The number of H-pyrrole nitrogens is 1. The molecule has 0 bridgehead atoms. The number of nitrogens with zero attached hydrogens (tertiary/aromatic N) is 1. The Morgan fingerprint density at radius 1 is 0.760 bits per heavy atom. The first kappa shape index (κ1) is 57.6. The molecule has 406 valence electrons. The van der Waals surface area contributed by atoms with Crippen molar-refractivity contribution < 1.29 is 47.5 Å². The number of nitrogens with one attached hydrogen (secondary N) is 12. The molecule has 2 aliphatic heterocycles. The molecule has 0 aliphatic carbocycles. The van der Waals surface area contributed by atoms with Gasteiger partial charge in [0.05, 0.1) is 0 Å². The lowest BCUT2D eigenvalue weighted by molar-refractivity contribution is -0.142. The van der Waals surface area contributed by atoms with E-state index in [2.05, 4.69) is 52.8 Å². The zero-order valence-corrected chi connectivity index (χ0v) is 41.8. The zero-order valence-electron chi connectivity index (χ0n) is 41.8. The molecule has 3 heterocycles. The van der Waals surface area contributed by atoms with Crippen LogP contribution in [0.3, 0.4) is 0 Å². The van der Waals surface area contributed by atoms with Crippen LogP contribution in [0.1, 0.15) is 82.3 Å². The summed E-state index contributed by atoms with van der Waals surface area (Å²) < 4.78 is 15.3. The number of nitrogens with two attached hydrogens (primary N) is 3. The van der Waals surface area contributed by atoms with E-state index in [1.54, 1.807) is 24.4 Å². The number of hydrogen-bond acceptors (Lipinski definition) is 11. The van der Waals surface area contributed by atoms with Gasteiger partial charge in [-0.3, -0.25) is 54.0 Å². The Labute approximate surface area is 432 Å². The van der Waals surface area contributed by atoms with Crippen LogP contribution < -0.4 is 65.1 Å². The molecule has 26 heteroatoms. The summed E-state index contributed by atoms with van der Waals surface area (Å²) in [4.78, 5) is 129. The van der Waals surface area contributed by atoms with Crippen LogP contribution in [0, 0.1) is 16.6 Å². The molecule has 0 saturated carbocycles. The third kappa shape index (κ3) is 17.7. The molecule has 0 unspecified atom stereocenters. The molecule has 2 aromatic carbocycles. The normalized spacial score (nSPS) is 22.0. The van der Waals surface area contributed by atoms with Crippen LogP contribution in [0.2, 0.25) is 0 Å². The molecule has 18 N–H and O–H groups in total. The van der Waals surface area contributed by atoms with Gasteiger partial charge in [-0.25, -0.2) is 4.39 Å². The summed E-state index contributed by atoms with van der Waals surface area (Å²) in [7, 11) is 0. The molecule has 25 nitrogen and oxygen atoms in total. The Balaban J connectivity index is 1.52. The summed E-state index contributed by atoms with van der Waals surface area (Å²) in [6, 6.07) is 3.33. The minimum absolute atomic E-state index is 0.0284. The fourth-order valence-corrected chi connectivity index (χ4v) is 8.97. The lowest BCUT2D eigenvalue weighted by Crippen LogP contribution is -2.60. The number of amides is 9. The Bertz CT molecular complexity index is 2580. The van der Waals surface area contributed by atoms with E-state index >= 15 is 4.39 Å². The zero-order chi connectivity index (χ0) is 54.6. The highest BCUT2D eigenvalue weighted by Gasteiger charge is 2.40. The number of halogens is 1. The van der Waals surface area contributed by atoms with Crippen molar-refractivity contribution in [3.05, 3.63) is 71.7 Å². The molecule has 7 atom stereocenters. The molecule has 2 fully saturated rings. The monoisotopic (exact) mass is 1040 g/mol. The van der Waals surface area contributed by atoms with E-state index in [1.165, 1.54) is 36.1 Å². The highest BCUT2D eigenvalue weighted by Crippen LogP contribution is 2.22. The third-order valence-corrected chi connectivity index (χ3v) is 12.8. The third-order valence-electron chi connectivity index (χ3n) is 12.8. The van der Waals surface area contributed by atoms with E-state index in [-0.39, 0.29) is 108 Å². The average molecular weight is 1050 g/mol. The molecule has 5 rings (SSSR count). The maximum Gasteiger partial charge on any atom is 0.245 e. The van der Waals surface area contributed by atoms with E-state index in [4.69, 9.17) is 28.0 Å². The summed E-state index contributed by atoms with van der Waals surface area (Å²) in [5, 5.41) is 39.7. The number of para-hydroxylation sites is 1. The van der Waals surface area contributed by atoms with Crippen molar-refractivity contribution in [2.45, 2.75) is 126 Å². The highest BCUT2D eigenvalue weighted by molar-refractivity contribution is 5.98. The Morgan fingerprint density at radius 2 is 1.39 bits per heavy atom. The van der Waals surface area contributed by atoms with Crippen molar-refractivity contribution in [1.82, 2.24) is 57.7 Å². The maximum atomic E-state index is 15.3. The first-order chi connectivity index (χ1) is 35.8. The standard InChI is InChI=1S/C49H69FN16O9/c1-27(67)60-34(14-6-21-57-48(52)53)42(70)63-36-16-8-20-56-40(68)19-18-33(41(51)69)61-44(72)38(25-29-26-59-32-13-5-3-11-30(29)32)64-43(71)35(15-7-22-58-49(54)55)62-45(73)37(24-28-10-2-4-12-31(28)50)65-46(74)39-17-9-23-66(39)47(36)75/h2-5,10-13,26,33-39,59H,6-9,14-25H2,1H3,(H2,51,69)(H,56,68)(H,60,67)(H,61,72)(H,62,73)(H,63,70)(H,64,71)(H,65,74)(H4,52,53,57)(H4,54,55,58)/t33-,34-,35-,36-,37+,38-,39-/m0/s1. The van der Waals surface area contributed by atoms with Crippen molar-refractivity contribution in [2.75, 3.05) is 26.2 Å². The van der Waals surface area contributed by atoms with Crippen molar-refractivity contribution in [3.63, 3.8) is 0 Å². The van der Waals surface area contributed by atoms with Gasteiger partial charge in [-0.1, -0.05) is 36.4 Å². The van der Waals surface area contributed by atoms with Gasteiger partial charge in [0.1, 0.15) is 48.1 Å². The van der Waals surface area contributed by atoms with Crippen LogP contribution in [0.4, 0.5) is 4.39 Å². The van der Waals surface area contributed by atoms with Gasteiger partial charge in [0.15, 0.2) is 11.9 Å². The van der Waals surface area contributed by atoms with E-state index in [9.17, 15) is 43.2 Å². The molecule has 0 radical (unpaired) electrons. The number of guanidine groups is 2. The number of primary amides is 1. The van der Waals surface area contributed by atoms with E-state index in [0.29, 0.717) is 12.0 Å². The summed E-state index contributed by atoms with van der Waals surface area (Å²) in [5.41, 5.74) is 18.0. The van der Waals surface area contributed by atoms with Gasteiger partial charge in [-0.15, -0.1) is 0 Å². The highest BCUT2D eigenvalue weighted by atomic mass is 19.1. The molecule has 2 saturated heterocycles. The van der Waals surface area contributed by atoms with Gasteiger partial charge in [-0.2, -0.15) is 0 Å². The quantitative estimate of drug-likeness (QED) is 0.0409. The fraction of sp³-hybridized carbons (Fsp3) is 0.490. The predicted octanol–water partition coefficient (Wildman–Crippen LogP) is -2.29. The number of rotatable bonds is 16. The predicted molar refractivity (Wildman–Crippen MR) is 273 cm³/mol.